The van der Waals surface area contributed by atoms with E-state index in [1.54, 1.807) is 18.2 Å². The summed E-state index contributed by atoms with van der Waals surface area (Å²) < 4.78 is 27.4. The second-order valence-corrected chi connectivity index (χ2v) is 7.51. The van der Waals surface area contributed by atoms with Gasteiger partial charge in [-0.05, 0) is 26.7 Å². The third kappa shape index (κ3) is 2.87. The summed E-state index contributed by atoms with van der Waals surface area (Å²) in [6.45, 7) is 4.09. The van der Waals surface area contributed by atoms with Crippen molar-refractivity contribution in [3.63, 3.8) is 0 Å². The van der Waals surface area contributed by atoms with Gasteiger partial charge in [-0.1, -0.05) is 28.8 Å². The van der Waals surface area contributed by atoms with Gasteiger partial charge in [0.15, 0.2) is 0 Å². The lowest BCUT2D eigenvalue weighted by atomic mass is 10.1. The Labute approximate surface area is 122 Å². The van der Waals surface area contributed by atoms with Gasteiger partial charge in [0.25, 0.3) is 0 Å². The molecule has 0 aromatic carbocycles. The van der Waals surface area contributed by atoms with Gasteiger partial charge in [0, 0.05) is 17.9 Å². The molecule has 1 saturated heterocycles. The topological polar surface area (TPSA) is 66.1 Å². The highest BCUT2D eigenvalue weighted by Crippen LogP contribution is 2.28. The largest absolute Gasteiger partial charge is 0.281 e. The van der Waals surface area contributed by atoms with Crippen LogP contribution in [0.1, 0.15) is 37.1 Å². The Morgan fingerprint density at radius 2 is 2.11 bits per heavy atom. The number of hydrogen-bond acceptors (Lipinski definition) is 3. The molecule has 19 heavy (non-hydrogen) atoms. The molecule has 0 aliphatic carbocycles. The highest BCUT2D eigenvalue weighted by molar-refractivity contribution is 9.09. The molecular formula is C12H20BrN3O2S. The number of aromatic amines is 1. The number of H-pyrrole nitrogens is 1. The fraction of sp³-hybridized carbons (Fsp3) is 0.750. The summed E-state index contributed by atoms with van der Waals surface area (Å²) in [7, 11) is -3.46. The summed E-state index contributed by atoms with van der Waals surface area (Å²) in [5.41, 5.74) is 1.17. The summed E-state index contributed by atoms with van der Waals surface area (Å²) in [4.78, 5) is 0.348. The van der Waals surface area contributed by atoms with Crippen molar-refractivity contribution >= 4 is 26.0 Å². The Balaban J connectivity index is 2.42. The first-order chi connectivity index (χ1) is 8.98. The standard InChI is InChI=1S/C12H20BrN3O2S/c1-9-12(10(2)15-14-9)19(17,18)16-7-5-3-4-6-11(16)8-13/h11H,3-8H2,1-2H3,(H,14,15). The molecule has 1 unspecified atom stereocenters. The Morgan fingerprint density at radius 3 is 2.68 bits per heavy atom. The first-order valence-corrected chi connectivity index (χ1v) is 9.14. The maximum Gasteiger partial charge on any atom is 0.247 e. The molecule has 108 valence electrons. The quantitative estimate of drug-likeness (QED) is 0.851. The minimum atomic E-state index is -3.46. The normalized spacial score (nSPS) is 22.4. The predicted molar refractivity (Wildman–Crippen MR) is 78.0 cm³/mol. The Hall–Kier alpha value is -0.400. The number of aryl methyl sites for hydroxylation is 2. The maximum atomic E-state index is 12.9. The molecule has 2 rings (SSSR count). The third-order valence-electron chi connectivity index (χ3n) is 3.63. The monoisotopic (exact) mass is 349 g/mol. The van der Waals surface area contributed by atoms with Crippen LogP contribution in [-0.2, 0) is 10.0 Å². The Kier molecular flexibility index (Phi) is 4.68. The number of sulfonamides is 1. The number of nitrogens with zero attached hydrogens (tertiary/aromatic N) is 2. The summed E-state index contributed by atoms with van der Waals surface area (Å²) in [6, 6.07) is 0.0428. The molecular weight excluding hydrogens is 330 g/mol. The van der Waals surface area contributed by atoms with E-state index in [1.807, 2.05) is 0 Å². The van der Waals surface area contributed by atoms with Crippen LogP contribution in [0.3, 0.4) is 0 Å². The number of nitrogens with one attached hydrogen (secondary N) is 1. The van der Waals surface area contributed by atoms with E-state index in [9.17, 15) is 8.42 Å². The molecule has 1 N–H and O–H groups in total. The summed E-state index contributed by atoms with van der Waals surface area (Å²) >= 11 is 3.45. The van der Waals surface area contributed by atoms with Gasteiger partial charge >= 0.3 is 0 Å². The third-order valence-corrected chi connectivity index (χ3v) is 6.59. The van der Waals surface area contributed by atoms with Gasteiger partial charge in [-0.2, -0.15) is 9.40 Å². The van der Waals surface area contributed by atoms with Gasteiger partial charge in [0.05, 0.1) is 11.4 Å². The molecule has 0 radical (unpaired) electrons. The SMILES string of the molecule is Cc1n[nH]c(C)c1S(=O)(=O)N1CCCCCC1CBr. The highest BCUT2D eigenvalue weighted by atomic mass is 79.9. The molecule has 5 nitrogen and oxygen atoms in total. The molecule has 1 fully saturated rings. The first-order valence-electron chi connectivity index (χ1n) is 6.58. The molecule has 0 spiro atoms. The van der Waals surface area contributed by atoms with Crippen LogP contribution in [0.4, 0.5) is 0 Å². The summed E-state index contributed by atoms with van der Waals surface area (Å²) in [6.07, 6.45) is 4.03. The lowest BCUT2D eigenvalue weighted by molar-refractivity contribution is 0.347. The van der Waals surface area contributed by atoms with Crippen molar-refractivity contribution in [1.82, 2.24) is 14.5 Å². The maximum absolute atomic E-state index is 12.9. The van der Waals surface area contributed by atoms with Crippen molar-refractivity contribution in [2.75, 3.05) is 11.9 Å². The molecule has 1 aliphatic heterocycles. The summed E-state index contributed by atoms with van der Waals surface area (Å²) in [5, 5.41) is 7.45. The predicted octanol–water partition coefficient (Wildman–Crippen LogP) is 2.35. The zero-order chi connectivity index (χ0) is 14.0. The van der Waals surface area contributed by atoms with Crippen molar-refractivity contribution in [2.45, 2.75) is 50.5 Å². The molecule has 1 atom stereocenters. The molecule has 7 heteroatoms. The molecule has 2 heterocycles. The molecule has 1 aliphatic rings. The van der Waals surface area contributed by atoms with E-state index in [2.05, 4.69) is 26.1 Å². The summed E-state index contributed by atoms with van der Waals surface area (Å²) in [5.74, 6) is 0. The minimum absolute atomic E-state index is 0.0428. The average Bonchev–Trinajstić information content (AvgIpc) is 2.59. The number of hydrogen-bond donors (Lipinski definition) is 1. The van der Waals surface area contributed by atoms with E-state index < -0.39 is 10.0 Å². The van der Waals surface area contributed by atoms with Gasteiger partial charge in [-0.25, -0.2) is 8.42 Å². The highest BCUT2D eigenvalue weighted by Gasteiger charge is 2.34. The van der Waals surface area contributed by atoms with E-state index in [0.29, 0.717) is 28.2 Å². The van der Waals surface area contributed by atoms with Gasteiger partial charge in [-0.15, -0.1) is 0 Å². The van der Waals surface area contributed by atoms with E-state index in [-0.39, 0.29) is 6.04 Å². The lowest BCUT2D eigenvalue weighted by Crippen LogP contribution is -2.41. The van der Waals surface area contributed by atoms with Gasteiger partial charge < -0.3 is 0 Å². The van der Waals surface area contributed by atoms with Crippen LogP contribution in [-0.4, -0.2) is 40.8 Å². The van der Waals surface area contributed by atoms with Crippen LogP contribution in [0.25, 0.3) is 0 Å². The van der Waals surface area contributed by atoms with Gasteiger partial charge in [0.1, 0.15) is 4.90 Å². The Morgan fingerprint density at radius 1 is 1.37 bits per heavy atom. The van der Waals surface area contributed by atoms with Crippen LogP contribution in [0, 0.1) is 13.8 Å². The van der Waals surface area contributed by atoms with E-state index in [0.717, 1.165) is 25.7 Å². The first kappa shape index (κ1) is 15.0. The van der Waals surface area contributed by atoms with Crippen LogP contribution < -0.4 is 0 Å². The second-order valence-electron chi connectivity index (χ2n) is 5.04. The second kappa shape index (κ2) is 5.93. The van der Waals surface area contributed by atoms with Crippen molar-refractivity contribution < 1.29 is 8.42 Å². The lowest BCUT2D eigenvalue weighted by Gasteiger charge is -2.27. The zero-order valence-corrected chi connectivity index (χ0v) is 13.7. The fourth-order valence-corrected chi connectivity index (χ4v) is 5.55. The smallest absolute Gasteiger partial charge is 0.247 e. The van der Waals surface area contributed by atoms with Gasteiger partial charge in [0.2, 0.25) is 10.0 Å². The molecule has 0 amide bonds. The van der Waals surface area contributed by atoms with E-state index in [1.165, 1.54) is 0 Å². The Bertz CT molecular complexity index is 522. The molecule has 1 aromatic rings. The molecule has 0 saturated carbocycles. The minimum Gasteiger partial charge on any atom is -0.281 e. The van der Waals surface area contributed by atoms with Crippen LogP contribution in [0.15, 0.2) is 4.90 Å². The van der Waals surface area contributed by atoms with Crippen LogP contribution >= 0.6 is 15.9 Å². The van der Waals surface area contributed by atoms with Crippen molar-refractivity contribution in [1.29, 1.82) is 0 Å². The number of halogens is 1. The average molecular weight is 350 g/mol. The van der Waals surface area contributed by atoms with Crippen molar-refractivity contribution in [3.05, 3.63) is 11.4 Å². The van der Waals surface area contributed by atoms with Crippen molar-refractivity contribution in [3.8, 4) is 0 Å². The van der Waals surface area contributed by atoms with E-state index in [4.69, 9.17) is 0 Å². The van der Waals surface area contributed by atoms with Crippen LogP contribution in [0.5, 0.6) is 0 Å². The zero-order valence-electron chi connectivity index (χ0n) is 11.3. The fourth-order valence-electron chi connectivity index (χ4n) is 2.66. The number of aromatic nitrogens is 2. The van der Waals surface area contributed by atoms with E-state index >= 15 is 0 Å². The molecule has 0 bridgehead atoms. The van der Waals surface area contributed by atoms with Gasteiger partial charge in [-0.3, -0.25) is 5.10 Å². The molecule has 1 aromatic heterocycles. The van der Waals surface area contributed by atoms with Crippen molar-refractivity contribution in [2.24, 2.45) is 0 Å². The van der Waals surface area contributed by atoms with Crippen LogP contribution in [0.2, 0.25) is 0 Å². The number of rotatable bonds is 3. The number of alkyl halides is 1.